The van der Waals surface area contributed by atoms with E-state index in [0.717, 1.165) is 16.6 Å². The molecule has 2 N–H and O–H groups in total. The molecule has 2 aromatic carbocycles. The second kappa shape index (κ2) is 7.25. The highest BCUT2D eigenvalue weighted by atomic mass is 32.1. The molecule has 0 aliphatic heterocycles. The van der Waals surface area contributed by atoms with E-state index in [0.29, 0.717) is 5.13 Å². The topological polar surface area (TPSA) is 71.1 Å². The van der Waals surface area contributed by atoms with E-state index >= 15 is 0 Å². The minimum absolute atomic E-state index is 0.0685. The van der Waals surface area contributed by atoms with Gasteiger partial charge in [0.15, 0.2) is 5.13 Å². The quantitative estimate of drug-likeness (QED) is 0.730. The van der Waals surface area contributed by atoms with E-state index in [-0.39, 0.29) is 18.4 Å². The number of carbonyl (C=O) groups excluding carboxylic acids is 2. The van der Waals surface area contributed by atoms with Gasteiger partial charge in [0.25, 0.3) is 0 Å². The SMILES string of the molecule is CC(C)(C)C(=O)NCC(=O)Nc1nc(-c2ccc3ccccc3c2)cs1. The maximum absolute atomic E-state index is 12.0. The van der Waals surface area contributed by atoms with Gasteiger partial charge in [-0.05, 0) is 16.8 Å². The summed E-state index contributed by atoms with van der Waals surface area (Å²) in [7, 11) is 0. The normalized spacial score (nSPS) is 11.3. The average molecular weight is 367 g/mol. The van der Waals surface area contributed by atoms with E-state index in [1.165, 1.54) is 16.7 Å². The Morgan fingerprint density at radius 1 is 1.08 bits per heavy atom. The molecule has 0 aliphatic rings. The zero-order chi connectivity index (χ0) is 18.7. The van der Waals surface area contributed by atoms with Crippen LogP contribution < -0.4 is 10.6 Å². The summed E-state index contributed by atoms with van der Waals surface area (Å²) in [5.41, 5.74) is 1.29. The first-order valence-corrected chi connectivity index (χ1v) is 9.24. The van der Waals surface area contributed by atoms with Crippen LogP contribution in [0.3, 0.4) is 0 Å². The van der Waals surface area contributed by atoms with Crippen molar-refractivity contribution >= 4 is 39.1 Å². The second-order valence-corrected chi connectivity index (χ2v) is 7.94. The molecule has 0 atom stereocenters. The Morgan fingerprint density at radius 2 is 1.81 bits per heavy atom. The number of carbonyl (C=O) groups is 2. The van der Waals surface area contributed by atoms with Crippen LogP contribution in [-0.4, -0.2) is 23.3 Å². The standard InChI is InChI=1S/C20H21N3O2S/c1-20(2,3)18(25)21-11-17(24)23-19-22-16(12-26-19)15-9-8-13-6-4-5-7-14(13)10-15/h4-10,12H,11H2,1-3H3,(H,21,25)(H,22,23,24). The number of amides is 2. The Hall–Kier alpha value is -2.73. The monoisotopic (exact) mass is 367 g/mol. The molecule has 0 bridgehead atoms. The Kier molecular flexibility index (Phi) is 5.04. The lowest BCUT2D eigenvalue weighted by molar-refractivity contribution is -0.130. The Bertz CT molecular complexity index is 957. The third-order valence-corrected chi connectivity index (χ3v) is 4.64. The van der Waals surface area contributed by atoms with Gasteiger partial charge in [-0.2, -0.15) is 0 Å². The smallest absolute Gasteiger partial charge is 0.245 e. The summed E-state index contributed by atoms with van der Waals surface area (Å²) in [6.07, 6.45) is 0. The lowest BCUT2D eigenvalue weighted by atomic mass is 9.96. The van der Waals surface area contributed by atoms with Crippen LogP contribution in [0.25, 0.3) is 22.0 Å². The summed E-state index contributed by atoms with van der Waals surface area (Å²) in [5.74, 6) is -0.453. The molecule has 2 amide bonds. The highest BCUT2D eigenvalue weighted by Gasteiger charge is 2.21. The summed E-state index contributed by atoms with van der Waals surface area (Å²) >= 11 is 1.36. The number of fused-ring (bicyclic) bond motifs is 1. The van der Waals surface area contributed by atoms with E-state index in [1.807, 2.05) is 23.6 Å². The summed E-state index contributed by atoms with van der Waals surface area (Å²) in [5, 5.41) is 10.1. The summed E-state index contributed by atoms with van der Waals surface area (Å²) in [6.45, 7) is 5.34. The molecule has 26 heavy (non-hydrogen) atoms. The minimum atomic E-state index is -0.523. The molecular weight excluding hydrogens is 346 g/mol. The molecule has 0 spiro atoms. The van der Waals surface area contributed by atoms with Gasteiger partial charge in [0.05, 0.1) is 12.2 Å². The van der Waals surface area contributed by atoms with Gasteiger partial charge in [-0.25, -0.2) is 4.98 Å². The lowest BCUT2D eigenvalue weighted by Gasteiger charge is -2.17. The van der Waals surface area contributed by atoms with Crippen molar-refractivity contribution in [2.45, 2.75) is 20.8 Å². The molecule has 0 saturated heterocycles. The Balaban J connectivity index is 1.65. The van der Waals surface area contributed by atoms with Crippen molar-refractivity contribution < 1.29 is 9.59 Å². The van der Waals surface area contributed by atoms with E-state index < -0.39 is 5.41 Å². The number of rotatable bonds is 4. The van der Waals surface area contributed by atoms with Gasteiger partial charge in [0, 0.05) is 16.4 Å². The van der Waals surface area contributed by atoms with Crippen LogP contribution in [0.5, 0.6) is 0 Å². The Labute approximate surface area is 156 Å². The van der Waals surface area contributed by atoms with Crippen LogP contribution in [0.1, 0.15) is 20.8 Å². The first-order valence-electron chi connectivity index (χ1n) is 8.36. The van der Waals surface area contributed by atoms with E-state index in [9.17, 15) is 9.59 Å². The van der Waals surface area contributed by atoms with Gasteiger partial charge in [-0.3, -0.25) is 9.59 Å². The highest BCUT2D eigenvalue weighted by molar-refractivity contribution is 7.14. The Morgan fingerprint density at radius 3 is 2.54 bits per heavy atom. The summed E-state index contributed by atoms with van der Waals surface area (Å²) < 4.78 is 0. The van der Waals surface area contributed by atoms with Gasteiger partial charge >= 0.3 is 0 Å². The molecule has 0 fully saturated rings. The number of hydrogen-bond acceptors (Lipinski definition) is 4. The van der Waals surface area contributed by atoms with Crippen molar-refractivity contribution in [3.05, 3.63) is 47.8 Å². The molecule has 0 unspecified atom stereocenters. The van der Waals surface area contributed by atoms with E-state index in [1.54, 1.807) is 20.8 Å². The fraction of sp³-hybridized carbons (Fsp3) is 0.250. The highest BCUT2D eigenvalue weighted by Crippen LogP contribution is 2.27. The average Bonchev–Trinajstić information content (AvgIpc) is 3.06. The van der Waals surface area contributed by atoms with Gasteiger partial charge < -0.3 is 10.6 Å². The van der Waals surface area contributed by atoms with Crippen LogP contribution >= 0.6 is 11.3 Å². The molecule has 0 aliphatic carbocycles. The number of hydrogen-bond donors (Lipinski definition) is 2. The summed E-state index contributed by atoms with van der Waals surface area (Å²) in [6, 6.07) is 14.3. The van der Waals surface area contributed by atoms with Crippen molar-refractivity contribution in [1.29, 1.82) is 0 Å². The predicted molar refractivity (Wildman–Crippen MR) is 106 cm³/mol. The van der Waals surface area contributed by atoms with Crippen LogP contribution in [-0.2, 0) is 9.59 Å². The number of benzene rings is 2. The predicted octanol–water partition coefficient (Wildman–Crippen LogP) is 4.06. The zero-order valence-corrected chi connectivity index (χ0v) is 15.8. The maximum atomic E-state index is 12.0. The number of aromatic nitrogens is 1. The van der Waals surface area contributed by atoms with Crippen LogP contribution in [0.4, 0.5) is 5.13 Å². The molecule has 3 rings (SSSR count). The van der Waals surface area contributed by atoms with Crippen molar-refractivity contribution in [2.75, 3.05) is 11.9 Å². The van der Waals surface area contributed by atoms with Gasteiger partial charge in [0.2, 0.25) is 11.8 Å². The largest absolute Gasteiger partial charge is 0.347 e. The zero-order valence-electron chi connectivity index (χ0n) is 15.0. The molecule has 0 radical (unpaired) electrons. The van der Waals surface area contributed by atoms with Crippen molar-refractivity contribution in [3.8, 4) is 11.3 Å². The van der Waals surface area contributed by atoms with Crippen molar-refractivity contribution in [2.24, 2.45) is 5.41 Å². The van der Waals surface area contributed by atoms with Gasteiger partial charge in [0.1, 0.15) is 0 Å². The molecule has 5 nitrogen and oxygen atoms in total. The van der Waals surface area contributed by atoms with E-state index in [4.69, 9.17) is 0 Å². The lowest BCUT2D eigenvalue weighted by Crippen LogP contribution is -2.39. The first-order chi connectivity index (χ1) is 12.3. The molecule has 1 aromatic heterocycles. The third kappa shape index (κ3) is 4.26. The number of nitrogens with one attached hydrogen (secondary N) is 2. The maximum Gasteiger partial charge on any atom is 0.245 e. The van der Waals surface area contributed by atoms with Gasteiger partial charge in [-0.15, -0.1) is 11.3 Å². The van der Waals surface area contributed by atoms with Crippen LogP contribution in [0.2, 0.25) is 0 Å². The second-order valence-electron chi connectivity index (χ2n) is 7.08. The number of nitrogens with zero attached hydrogens (tertiary/aromatic N) is 1. The van der Waals surface area contributed by atoms with Crippen LogP contribution in [0, 0.1) is 5.41 Å². The summed E-state index contributed by atoms with van der Waals surface area (Å²) in [4.78, 5) is 28.3. The first kappa shape index (κ1) is 18.1. The molecule has 6 heteroatoms. The minimum Gasteiger partial charge on any atom is -0.347 e. The molecule has 3 aromatic rings. The van der Waals surface area contributed by atoms with E-state index in [2.05, 4.69) is 39.9 Å². The molecule has 0 saturated carbocycles. The van der Waals surface area contributed by atoms with Crippen molar-refractivity contribution in [3.63, 3.8) is 0 Å². The van der Waals surface area contributed by atoms with Crippen molar-refractivity contribution in [1.82, 2.24) is 10.3 Å². The van der Waals surface area contributed by atoms with Gasteiger partial charge in [-0.1, -0.05) is 57.2 Å². The number of thiazole rings is 1. The molecule has 134 valence electrons. The van der Waals surface area contributed by atoms with Crippen LogP contribution in [0.15, 0.2) is 47.8 Å². The fourth-order valence-electron chi connectivity index (χ4n) is 2.40. The fourth-order valence-corrected chi connectivity index (χ4v) is 3.14. The number of anilines is 1. The molecule has 1 heterocycles. The molecular formula is C20H21N3O2S. The third-order valence-electron chi connectivity index (χ3n) is 3.89.